The van der Waals surface area contributed by atoms with Gasteiger partial charge in [-0.1, -0.05) is 42.5 Å². The van der Waals surface area contributed by atoms with Crippen LogP contribution >= 0.6 is 0 Å². The average Bonchev–Trinajstić information content (AvgIpc) is 3.26. The highest BCUT2D eigenvalue weighted by atomic mass is 32.2. The van der Waals surface area contributed by atoms with Crippen molar-refractivity contribution in [2.24, 2.45) is 0 Å². The van der Waals surface area contributed by atoms with Gasteiger partial charge in [-0.15, -0.1) is 0 Å². The molecule has 5 nitrogen and oxygen atoms in total. The van der Waals surface area contributed by atoms with Crippen molar-refractivity contribution in [1.82, 2.24) is 9.78 Å². The minimum atomic E-state index is -4.53. The number of sulfonamides is 1. The summed E-state index contributed by atoms with van der Waals surface area (Å²) in [6, 6.07) is 22.8. The Balaban J connectivity index is 1.50. The summed E-state index contributed by atoms with van der Waals surface area (Å²) in [7, 11) is -3.83. The Labute approximate surface area is 176 Å². The zero-order valence-electron chi connectivity index (χ0n) is 15.9. The maximum atomic E-state index is 12.7. The topological polar surface area (TPSA) is 64.0 Å². The molecule has 4 rings (SSSR count). The Morgan fingerprint density at radius 3 is 1.97 bits per heavy atom. The first-order chi connectivity index (χ1) is 14.7. The molecule has 0 aliphatic heterocycles. The van der Waals surface area contributed by atoms with Crippen molar-refractivity contribution in [3.8, 4) is 16.8 Å². The number of rotatable bonds is 5. The third-order valence-electron chi connectivity index (χ3n) is 4.54. The van der Waals surface area contributed by atoms with Crippen LogP contribution < -0.4 is 4.72 Å². The fourth-order valence-electron chi connectivity index (χ4n) is 2.97. The number of nitrogens with one attached hydrogen (secondary N) is 1. The van der Waals surface area contributed by atoms with E-state index in [4.69, 9.17) is 0 Å². The minimum Gasteiger partial charge on any atom is -0.280 e. The molecule has 9 heteroatoms. The molecule has 4 aromatic rings. The van der Waals surface area contributed by atoms with Gasteiger partial charge in [-0.05, 0) is 53.6 Å². The summed E-state index contributed by atoms with van der Waals surface area (Å²) >= 11 is 0. The minimum absolute atomic E-state index is 0.0955. The van der Waals surface area contributed by atoms with Gasteiger partial charge in [-0.2, -0.15) is 18.3 Å². The van der Waals surface area contributed by atoms with E-state index in [0.717, 1.165) is 21.9 Å². The molecular formula is C22H16F3N3O2S. The highest BCUT2D eigenvalue weighted by Gasteiger charge is 2.33. The lowest BCUT2D eigenvalue weighted by Crippen LogP contribution is -2.13. The van der Waals surface area contributed by atoms with E-state index in [-0.39, 0.29) is 10.6 Å². The fourth-order valence-corrected chi connectivity index (χ4v) is 4.03. The van der Waals surface area contributed by atoms with Gasteiger partial charge in [-0.3, -0.25) is 4.72 Å². The molecule has 3 aromatic carbocycles. The Kier molecular flexibility index (Phi) is 5.28. The molecular weight excluding hydrogens is 427 g/mol. The Morgan fingerprint density at radius 2 is 1.39 bits per heavy atom. The molecule has 0 aliphatic carbocycles. The van der Waals surface area contributed by atoms with E-state index < -0.39 is 21.9 Å². The van der Waals surface area contributed by atoms with Crippen LogP contribution in [-0.2, 0) is 16.2 Å². The molecule has 0 amide bonds. The van der Waals surface area contributed by atoms with E-state index in [1.54, 1.807) is 12.1 Å². The van der Waals surface area contributed by atoms with Crippen LogP contribution in [0.1, 0.15) is 5.69 Å². The van der Waals surface area contributed by atoms with Crippen molar-refractivity contribution < 1.29 is 21.6 Å². The second-order valence-corrected chi connectivity index (χ2v) is 8.37. The highest BCUT2D eigenvalue weighted by molar-refractivity contribution is 7.92. The number of alkyl halides is 3. The van der Waals surface area contributed by atoms with Crippen LogP contribution in [0.3, 0.4) is 0 Å². The molecule has 0 radical (unpaired) electrons. The first-order valence-corrected chi connectivity index (χ1v) is 10.6. The van der Waals surface area contributed by atoms with Crippen LogP contribution in [-0.4, -0.2) is 18.2 Å². The molecule has 31 heavy (non-hydrogen) atoms. The van der Waals surface area contributed by atoms with Crippen molar-refractivity contribution >= 4 is 15.7 Å². The second-order valence-electron chi connectivity index (χ2n) is 6.69. The van der Waals surface area contributed by atoms with Crippen LogP contribution in [0.4, 0.5) is 18.9 Å². The molecule has 0 saturated heterocycles. The van der Waals surface area contributed by atoms with Gasteiger partial charge in [0.15, 0.2) is 5.69 Å². The lowest BCUT2D eigenvalue weighted by Gasteiger charge is -2.10. The fraction of sp³-hybridized carbons (Fsp3) is 0.0455. The van der Waals surface area contributed by atoms with Crippen molar-refractivity contribution in [3.05, 3.63) is 96.8 Å². The Bertz CT molecular complexity index is 1280. The summed E-state index contributed by atoms with van der Waals surface area (Å²) in [4.78, 5) is 0.0955. The van der Waals surface area contributed by atoms with Gasteiger partial charge < -0.3 is 0 Å². The van der Waals surface area contributed by atoms with E-state index >= 15 is 0 Å². The van der Waals surface area contributed by atoms with E-state index in [0.29, 0.717) is 5.69 Å². The summed E-state index contributed by atoms with van der Waals surface area (Å²) in [5.74, 6) is 0. The van der Waals surface area contributed by atoms with E-state index in [1.165, 1.54) is 42.6 Å². The van der Waals surface area contributed by atoms with Crippen LogP contribution in [0.25, 0.3) is 16.8 Å². The number of halogens is 3. The largest absolute Gasteiger partial charge is 0.435 e. The molecule has 1 aromatic heterocycles. The lowest BCUT2D eigenvalue weighted by atomic mass is 10.1. The Hall–Kier alpha value is -3.59. The standard InChI is InChI=1S/C22H16F3N3O2S/c23-22(24,25)21-14-15-28(26-21)19-10-8-18(9-11-19)27-31(29,30)20-12-6-17(7-13-20)16-4-2-1-3-5-16/h1-15,27H. The van der Waals surface area contributed by atoms with E-state index in [1.807, 2.05) is 30.3 Å². The summed E-state index contributed by atoms with van der Waals surface area (Å²) < 4.78 is 67.0. The number of hydrogen-bond acceptors (Lipinski definition) is 3. The van der Waals surface area contributed by atoms with Gasteiger partial charge in [-0.25, -0.2) is 13.1 Å². The monoisotopic (exact) mass is 443 g/mol. The SMILES string of the molecule is O=S(=O)(Nc1ccc(-n2ccc(C(F)(F)F)n2)cc1)c1ccc(-c2ccccc2)cc1. The zero-order valence-corrected chi connectivity index (χ0v) is 16.7. The molecule has 0 aliphatic rings. The number of hydrogen-bond donors (Lipinski definition) is 1. The van der Waals surface area contributed by atoms with Gasteiger partial charge in [0, 0.05) is 11.9 Å². The number of benzene rings is 3. The number of aromatic nitrogens is 2. The van der Waals surface area contributed by atoms with Crippen molar-refractivity contribution in [2.45, 2.75) is 11.1 Å². The quantitative estimate of drug-likeness (QED) is 0.452. The third kappa shape index (κ3) is 4.61. The van der Waals surface area contributed by atoms with Crippen LogP contribution in [0, 0.1) is 0 Å². The second kappa shape index (κ2) is 7.92. The molecule has 1 heterocycles. The summed E-state index contributed by atoms with van der Waals surface area (Å²) in [6.07, 6.45) is -3.34. The number of anilines is 1. The molecule has 0 fully saturated rings. The van der Waals surface area contributed by atoms with Gasteiger partial charge in [0.05, 0.1) is 10.6 Å². The molecule has 0 bridgehead atoms. The van der Waals surface area contributed by atoms with Crippen LogP contribution in [0.15, 0.2) is 96.0 Å². The first-order valence-electron chi connectivity index (χ1n) is 9.14. The maximum Gasteiger partial charge on any atom is 0.435 e. The molecule has 0 atom stereocenters. The molecule has 0 unspecified atom stereocenters. The molecule has 158 valence electrons. The Morgan fingerprint density at radius 1 is 0.774 bits per heavy atom. The lowest BCUT2D eigenvalue weighted by molar-refractivity contribution is -0.141. The van der Waals surface area contributed by atoms with Crippen molar-refractivity contribution in [3.63, 3.8) is 0 Å². The van der Waals surface area contributed by atoms with Gasteiger partial charge >= 0.3 is 6.18 Å². The third-order valence-corrected chi connectivity index (χ3v) is 5.93. The first kappa shape index (κ1) is 20.7. The van der Waals surface area contributed by atoms with Crippen LogP contribution in [0.5, 0.6) is 0 Å². The smallest absolute Gasteiger partial charge is 0.280 e. The zero-order chi connectivity index (χ0) is 22.1. The van der Waals surface area contributed by atoms with Crippen LogP contribution in [0.2, 0.25) is 0 Å². The normalized spacial score (nSPS) is 12.0. The van der Waals surface area contributed by atoms with E-state index in [9.17, 15) is 21.6 Å². The van der Waals surface area contributed by atoms with Gasteiger partial charge in [0.25, 0.3) is 10.0 Å². The average molecular weight is 443 g/mol. The van der Waals surface area contributed by atoms with Crippen molar-refractivity contribution in [1.29, 1.82) is 0 Å². The van der Waals surface area contributed by atoms with E-state index in [2.05, 4.69) is 9.82 Å². The highest BCUT2D eigenvalue weighted by Crippen LogP contribution is 2.28. The number of nitrogens with zero attached hydrogens (tertiary/aromatic N) is 2. The van der Waals surface area contributed by atoms with Gasteiger partial charge in [0.2, 0.25) is 0 Å². The molecule has 1 N–H and O–H groups in total. The summed E-state index contributed by atoms with van der Waals surface area (Å²) in [5, 5.41) is 3.49. The summed E-state index contributed by atoms with van der Waals surface area (Å²) in [6.45, 7) is 0. The maximum absolute atomic E-state index is 12.7. The van der Waals surface area contributed by atoms with Gasteiger partial charge in [0.1, 0.15) is 0 Å². The molecule has 0 saturated carbocycles. The summed E-state index contributed by atoms with van der Waals surface area (Å²) in [5.41, 5.74) is 1.50. The predicted octanol–water partition coefficient (Wildman–Crippen LogP) is 5.36. The predicted molar refractivity (Wildman–Crippen MR) is 111 cm³/mol. The van der Waals surface area contributed by atoms with Crippen molar-refractivity contribution in [2.75, 3.05) is 4.72 Å². The molecule has 0 spiro atoms.